The third-order valence-electron chi connectivity index (χ3n) is 1.53. The largest absolute Gasteiger partial charge is 0.351 e. The van der Waals surface area contributed by atoms with Gasteiger partial charge < -0.3 is 23.8 Å². The molecule has 0 fully saturated rings. The minimum Gasteiger partial charge on any atom is -0.351 e. The fraction of sp³-hybridized carbons (Fsp3) is 0.500. The number of hydrogen-bond donors (Lipinski definition) is 0. The molecule has 0 saturated heterocycles. The Morgan fingerprint density at radius 1 is 1.54 bits per heavy atom. The van der Waals surface area contributed by atoms with Crippen molar-refractivity contribution in [2.24, 2.45) is 5.92 Å². The standard InChI is InChI=1S/C10H12.C2H6.Y/c1-3-4-10-7-5-9(2)6-8-10;1-2;/h4-5,7,9H,6H2,1-2H3;1-2H3;/q-2;;. The van der Waals surface area contributed by atoms with Crippen molar-refractivity contribution in [1.29, 1.82) is 0 Å². The van der Waals surface area contributed by atoms with Crippen LogP contribution in [0.1, 0.15) is 34.1 Å². The van der Waals surface area contributed by atoms with Gasteiger partial charge in [0.05, 0.1) is 0 Å². The van der Waals surface area contributed by atoms with Crippen LogP contribution in [-0.2, 0) is 32.7 Å². The topological polar surface area (TPSA) is 0 Å². The monoisotopic (exact) mass is 251 g/mol. The van der Waals surface area contributed by atoms with E-state index in [1.807, 2.05) is 26.8 Å². The van der Waals surface area contributed by atoms with Gasteiger partial charge in [-0.25, -0.2) is 6.08 Å². The van der Waals surface area contributed by atoms with Gasteiger partial charge in [0.15, 0.2) is 0 Å². The van der Waals surface area contributed by atoms with E-state index in [9.17, 15) is 0 Å². The zero-order valence-corrected chi connectivity index (χ0v) is 11.9. The maximum absolute atomic E-state index is 3.28. The summed E-state index contributed by atoms with van der Waals surface area (Å²) in [7, 11) is 0. The average Bonchev–Trinajstić information content (AvgIpc) is 2.13. The fourth-order valence-corrected chi connectivity index (χ4v) is 0.928. The summed E-state index contributed by atoms with van der Waals surface area (Å²) < 4.78 is 0. The van der Waals surface area contributed by atoms with E-state index >= 15 is 0 Å². The normalized spacial score (nSPS) is 20.0. The summed E-state index contributed by atoms with van der Waals surface area (Å²) in [5, 5.41) is 0. The van der Waals surface area contributed by atoms with E-state index in [2.05, 4.69) is 31.2 Å². The molecule has 1 heteroatoms. The predicted molar refractivity (Wildman–Crippen MR) is 54.5 cm³/mol. The van der Waals surface area contributed by atoms with Crippen LogP contribution in [0.5, 0.6) is 0 Å². The summed E-state index contributed by atoms with van der Waals surface area (Å²) in [6.45, 7) is 8.10. The minimum absolute atomic E-state index is 0. The zero-order valence-electron chi connectivity index (χ0n) is 9.09. The molecular weight excluding hydrogens is 233 g/mol. The zero-order chi connectivity index (χ0) is 9.40. The van der Waals surface area contributed by atoms with Crippen LogP contribution in [0.4, 0.5) is 0 Å². The first-order chi connectivity index (χ1) is 5.83. The average molecular weight is 251 g/mol. The van der Waals surface area contributed by atoms with E-state index in [0.717, 1.165) is 6.42 Å². The molecule has 0 spiro atoms. The van der Waals surface area contributed by atoms with E-state index < -0.39 is 0 Å². The van der Waals surface area contributed by atoms with Crippen LogP contribution in [0.3, 0.4) is 0 Å². The molecule has 1 rings (SSSR count). The van der Waals surface area contributed by atoms with Gasteiger partial charge in [-0.1, -0.05) is 27.2 Å². The maximum atomic E-state index is 3.28. The van der Waals surface area contributed by atoms with Crippen LogP contribution in [0.25, 0.3) is 0 Å². The van der Waals surface area contributed by atoms with Gasteiger partial charge >= 0.3 is 0 Å². The second-order valence-electron chi connectivity index (χ2n) is 2.61. The summed E-state index contributed by atoms with van der Waals surface area (Å²) in [5.74, 6) is 0.661. The molecule has 0 amide bonds. The summed E-state index contributed by atoms with van der Waals surface area (Å²) in [5.41, 5.74) is 1.17. The smallest absolute Gasteiger partial charge is 0 e. The van der Waals surface area contributed by atoms with Gasteiger partial charge in [0.2, 0.25) is 0 Å². The van der Waals surface area contributed by atoms with E-state index in [4.69, 9.17) is 0 Å². The first-order valence-electron chi connectivity index (χ1n) is 4.62. The SMILES string of the molecule is CC.C[C-]=CC1=[C-]CC(C)C=C1.[Y]. The molecule has 0 bridgehead atoms. The van der Waals surface area contributed by atoms with Crippen LogP contribution in [0.2, 0.25) is 0 Å². The molecule has 1 aliphatic rings. The van der Waals surface area contributed by atoms with Gasteiger partial charge in [0.25, 0.3) is 0 Å². The molecule has 1 atom stereocenters. The Hall–Kier alpha value is 0.324. The molecule has 0 aliphatic heterocycles. The summed E-state index contributed by atoms with van der Waals surface area (Å²) in [6.07, 6.45) is 13.6. The van der Waals surface area contributed by atoms with Gasteiger partial charge in [0, 0.05) is 32.7 Å². The van der Waals surface area contributed by atoms with E-state index in [0.29, 0.717) is 5.92 Å². The number of allylic oxidation sites excluding steroid dienone is 6. The van der Waals surface area contributed by atoms with Crippen molar-refractivity contribution in [3.63, 3.8) is 0 Å². The predicted octanol–water partition coefficient (Wildman–Crippen LogP) is 3.71. The molecule has 0 N–H and O–H groups in total. The molecule has 1 radical (unpaired) electrons. The molecule has 13 heavy (non-hydrogen) atoms. The molecule has 71 valence electrons. The Labute approximate surface area is 108 Å². The van der Waals surface area contributed by atoms with E-state index in [-0.39, 0.29) is 32.7 Å². The molecule has 0 nitrogen and oxygen atoms in total. The van der Waals surface area contributed by atoms with Gasteiger partial charge in [-0.2, -0.15) is 6.08 Å². The minimum atomic E-state index is 0. The molecular formula is C12H18Y-2. The van der Waals surface area contributed by atoms with Gasteiger partial charge in [-0.05, 0) is 5.92 Å². The number of hydrogen-bond acceptors (Lipinski definition) is 0. The Kier molecular flexibility index (Phi) is 12.6. The van der Waals surface area contributed by atoms with Crippen LogP contribution in [0.15, 0.2) is 23.8 Å². The van der Waals surface area contributed by atoms with Gasteiger partial charge in [-0.15, -0.1) is 6.92 Å². The third kappa shape index (κ3) is 7.40. The maximum Gasteiger partial charge on any atom is 0 e. The Morgan fingerprint density at radius 3 is 2.54 bits per heavy atom. The van der Waals surface area contributed by atoms with E-state index in [1.54, 1.807) is 0 Å². The van der Waals surface area contributed by atoms with Gasteiger partial charge in [-0.3, -0.25) is 0 Å². The van der Waals surface area contributed by atoms with Crippen LogP contribution in [0, 0.1) is 18.1 Å². The molecule has 1 aliphatic carbocycles. The first-order valence-corrected chi connectivity index (χ1v) is 4.62. The van der Waals surface area contributed by atoms with Crippen molar-refractivity contribution in [1.82, 2.24) is 0 Å². The molecule has 0 aromatic heterocycles. The molecule has 0 saturated carbocycles. The second-order valence-corrected chi connectivity index (χ2v) is 2.61. The summed E-state index contributed by atoms with van der Waals surface area (Å²) in [4.78, 5) is 0. The van der Waals surface area contributed by atoms with Crippen molar-refractivity contribution in [3.05, 3.63) is 36.0 Å². The van der Waals surface area contributed by atoms with Crippen molar-refractivity contribution >= 4 is 0 Å². The molecule has 0 aromatic carbocycles. The summed E-state index contributed by atoms with van der Waals surface area (Å²) in [6, 6.07) is 0. The first kappa shape index (κ1) is 15.8. The molecule has 0 heterocycles. The van der Waals surface area contributed by atoms with Crippen LogP contribution < -0.4 is 0 Å². The Bertz CT molecular complexity index is 187. The third-order valence-corrected chi connectivity index (χ3v) is 1.53. The van der Waals surface area contributed by atoms with Crippen molar-refractivity contribution in [2.75, 3.05) is 0 Å². The Balaban J connectivity index is 0. The van der Waals surface area contributed by atoms with Crippen molar-refractivity contribution in [2.45, 2.75) is 34.1 Å². The Morgan fingerprint density at radius 2 is 2.15 bits per heavy atom. The quantitative estimate of drug-likeness (QED) is 0.623. The molecule has 0 aromatic rings. The van der Waals surface area contributed by atoms with Crippen molar-refractivity contribution < 1.29 is 32.7 Å². The van der Waals surface area contributed by atoms with Gasteiger partial charge in [0.1, 0.15) is 0 Å². The van der Waals surface area contributed by atoms with Crippen molar-refractivity contribution in [3.8, 4) is 0 Å². The fourth-order valence-electron chi connectivity index (χ4n) is 0.928. The summed E-state index contributed by atoms with van der Waals surface area (Å²) >= 11 is 0. The number of rotatable bonds is 1. The molecule has 1 unspecified atom stereocenters. The van der Waals surface area contributed by atoms with Crippen LogP contribution >= 0.6 is 0 Å². The van der Waals surface area contributed by atoms with Crippen LogP contribution in [-0.4, -0.2) is 0 Å². The van der Waals surface area contributed by atoms with E-state index in [1.165, 1.54) is 5.57 Å². The second kappa shape index (κ2) is 10.4.